The van der Waals surface area contributed by atoms with Crippen LogP contribution in [0.1, 0.15) is 24.4 Å². The molecule has 0 saturated heterocycles. The molecular weight excluding hydrogens is 234 g/mol. The van der Waals surface area contributed by atoms with Crippen molar-refractivity contribution in [3.63, 3.8) is 0 Å². The molecule has 3 nitrogen and oxygen atoms in total. The van der Waals surface area contributed by atoms with E-state index in [2.05, 4.69) is 11.6 Å². The first kappa shape index (κ1) is 11.2. The molecule has 17 heavy (non-hydrogen) atoms. The number of nitrogens with one attached hydrogen (secondary N) is 1. The second-order valence-corrected chi connectivity index (χ2v) is 6.13. The van der Waals surface area contributed by atoms with Crippen LogP contribution in [-0.2, 0) is 0 Å². The van der Waals surface area contributed by atoms with Crippen LogP contribution in [-0.4, -0.2) is 29.3 Å². The lowest BCUT2D eigenvalue weighted by Crippen LogP contribution is -2.30. The fourth-order valence-corrected chi connectivity index (χ4v) is 3.01. The van der Waals surface area contributed by atoms with Crippen LogP contribution in [0.2, 0.25) is 0 Å². The van der Waals surface area contributed by atoms with E-state index in [0.717, 1.165) is 12.3 Å². The second kappa shape index (κ2) is 4.10. The molecule has 1 saturated carbocycles. The Labute approximate surface area is 106 Å². The SMILES string of the molecule is CSC1(CNC2COc3cc(O)ccc32)CC1. The number of fused-ring (bicyclic) bond motifs is 1. The molecule has 0 bridgehead atoms. The molecule has 2 aliphatic rings. The van der Waals surface area contributed by atoms with Gasteiger partial charge in [0.25, 0.3) is 0 Å². The summed E-state index contributed by atoms with van der Waals surface area (Å²) in [5.74, 6) is 1.09. The number of aromatic hydroxyl groups is 1. The van der Waals surface area contributed by atoms with Crippen molar-refractivity contribution in [2.24, 2.45) is 0 Å². The first-order valence-corrected chi connectivity index (χ1v) is 7.19. The molecule has 1 heterocycles. The second-order valence-electron chi connectivity index (χ2n) is 4.85. The predicted molar refractivity (Wildman–Crippen MR) is 69.8 cm³/mol. The molecule has 1 atom stereocenters. The first-order chi connectivity index (χ1) is 8.22. The van der Waals surface area contributed by atoms with Gasteiger partial charge in [-0.25, -0.2) is 0 Å². The minimum Gasteiger partial charge on any atom is -0.508 e. The van der Waals surface area contributed by atoms with Crippen LogP contribution in [0.15, 0.2) is 18.2 Å². The molecule has 1 aliphatic heterocycles. The van der Waals surface area contributed by atoms with Crippen molar-refractivity contribution in [2.45, 2.75) is 23.6 Å². The number of rotatable bonds is 4. The van der Waals surface area contributed by atoms with Crippen molar-refractivity contribution < 1.29 is 9.84 Å². The summed E-state index contributed by atoms with van der Waals surface area (Å²) in [5.41, 5.74) is 1.17. The topological polar surface area (TPSA) is 41.5 Å². The van der Waals surface area contributed by atoms with Gasteiger partial charge >= 0.3 is 0 Å². The first-order valence-electron chi connectivity index (χ1n) is 5.97. The highest BCUT2D eigenvalue weighted by atomic mass is 32.2. The maximum absolute atomic E-state index is 9.39. The number of ether oxygens (including phenoxy) is 1. The highest BCUT2D eigenvalue weighted by Gasteiger charge is 2.42. The lowest BCUT2D eigenvalue weighted by Gasteiger charge is -2.17. The molecular formula is C13H17NO2S. The van der Waals surface area contributed by atoms with Gasteiger partial charge in [-0.2, -0.15) is 11.8 Å². The standard InChI is InChI=1S/C13H17NO2S/c1-17-13(4-5-13)8-14-11-7-16-12-6-9(15)2-3-10(11)12/h2-3,6,11,14-15H,4-5,7-8H2,1H3. The monoisotopic (exact) mass is 251 g/mol. The molecule has 1 aromatic carbocycles. The third-order valence-electron chi connectivity index (χ3n) is 3.69. The zero-order valence-corrected chi connectivity index (χ0v) is 10.7. The molecule has 1 fully saturated rings. The smallest absolute Gasteiger partial charge is 0.127 e. The molecule has 1 aliphatic carbocycles. The van der Waals surface area contributed by atoms with Gasteiger partial charge in [-0.05, 0) is 31.2 Å². The van der Waals surface area contributed by atoms with Crippen LogP contribution in [0.3, 0.4) is 0 Å². The lowest BCUT2D eigenvalue weighted by atomic mass is 10.1. The molecule has 0 spiro atoms. The van der Waals surface area contributed by atoms with Crippen molar-refractivity contribution in [1.82, 2.24) is 5.32 Å². The molecule has 0 radical (unpaired) electrons. The quantitative estimate of drug-likeness (QED) is 0.861. The van der Waals surface area contributed by atoms with Crippen LogP contribution < -0.4 is 10.1 Å². The third kappa shape index (κ3) is 2.11. The molecule has 2 N–H and O–H groups in total. The number of thioether (sulfide) groups is 1. The van der Waals surface area contributed by atoms with Crippen molar-refractivity contribution in [2.75, 3.05) is 19.4 Å². The van der Waals surface area contributed by atoms with E-state index >= 15 is 0 Å². The van der Waals surface area contributed by atoms with Gasteiger partial charge in [0, 0.05) is 22.9 Å². The fraction of sp³-hybridized carbons (Fsp3) is 0.538. The van der Waals surface area contributed by atoms with Crippen molar-refractivity contribution >= 4 is 11.8 Å². The van der Waals surface area contributed by atoms with Gasteiger partial charge in [-0.1, -0.05) is 0 Å². The maximum Gasteiger partial charge on any atom is 0.127 e. The summed E-state index contributed by atoms with van der Waals surface area (Å²) in [5, 5.41) is 13.0. The third-order valence-corrected chi connectivity index (χ3v) is 5.11. The van der Waals surface area contributed by atoms with Crippen molar-refractivity contribution in [3.8, 4) is 11.5 Å². The van der Waals surface area contributed by atoms with E-state index in [1.165, 1.54) is 18.4 Å². The van der Waals surface area contributed by atoms with Gasteiger partial charge < -0.3 is 15.2 Å². The average Bonchev–Trinajstić information content (AvgIpc) is 3.02. The van der Waals surface area contributed by atoms with Crippen LogP contribution in [0.25, 0.3) is 0 Å². The molecule has 4 heteroatoms. The Bertz CT molecular complexity index is 431. The summed E-state index contributed by atoms with van der Waals surface area (Å²) in [6.45, 7) is 1.71. The summed E-state index contributed by atoms with van der Waals surface area (Å²) in [6.07, 6.45) is 4.82. The highest BCUT2D eigenvalue weighted by molar-refractivity contribution is 8.00. The van der Waals surface area contributed by atoms with Gasteiger partial charge in [-0.3, -0.25) is 0 Å². The molecule has 3 rings (SSSR count). The summed E-state index contributed by atoms with van der Waals surface area (Å²) in [4.78, 5) is 0. The Hall–Kier alpha value is -0.870. The van der Waals surface area contributed by atoms with E-state index in [4.69, 9.17) is 4.74 Å². The Morgan fingerprint density at radius 1 is 1.53 bits per heavy atom. The van der Waals surface area contributed by atoms with Gasteiger partial charge in [0.05, 0.1) is 6.04 Å². The Kier molecular flexibility index (Phi) is 2.71. The van der Waals surface area contributed by atoms with Crippen LogP contribution in [0, 0.1) is 0 Å². The maximum atomic E-state index is 9.39. The average molecular weight is 251 g/mol. The summed E-state index contributed by atoms with van der Waals surface area (Å²) < 4.78 is 6.05. The van der Waals surface area contributed by atoms with Crippen LogP contribution >= 0.6 is 11.8 Å². The number of phenolic OH excluding ortho intramolecular Hbond substituents is 1. The fourth-order valence-electron chi connectivity index (χ4n) is 2.27. The van der Waals surface area contributed by atoms with Crippen LogP contribution in [0.4, 0.5) is 0 Å². The van der Waals surface area contributed by atoms with E-state index in [9.17, 15) is 5.11 Å². The molecule has 92 valence electrons. The van der Waals surface area contributed by atoms with Gasteiger partial charge in [0.2, 0.25) is 0 Å². The van der Waals surface area contributed by atoms with Crippen LogP contribution in [0.5, 0.6) is 11.5 Å². The van der Waals surface area contributed by atoms with E-state index in [1.807, 2.05) is 17.8 Å². The molecule has 1 aromatic rings. The van der Waals surface area contributed by atoms with Gasteiger partial charge in [0.15, 0.2) is 0 Å². The van der Waals surface area contributed by atoms with E-state index in [-0.39, 0.29) is 11.8 Å². The van der Waals surface area contributed by atoms with Crippen molar-refractivity contribution in [3.05, 3.63) is 23.8 Å². The van der Waals surface area contributed by atoms with E-state index in [0.29, 0.717) is 11.4 Å². The minimum atomic E-state index is 0.271. The number of hydrogen-bond donors (Lipinski definition) is 2. The lowest BCUT2D eigenvalue weighted by molar-refractivity contribution is 0.310. The summed E-state index contributed by atoms with van der Waals surface area (Å²) in [6, 6.07) is 5.64. The molecule has 1 unspecified atom stereocenters. The highest BCUT2D eigenvalue weighted by Crippen LogP contribution is 2.47. The Morgan fingerprint density at radius 2 is 2.35 bits per heavy atom. The van der Waals surface area contributed by atoms with E-state index < -0.39 is 0 Å². The van der Waals surface area contributed by atoms with Gasteiger partial charge in [-0.15, -0.1) is 0 Å². The largest absolute Gasteiger partial charge is 0.508 e. The predicted octanol–water partition coefficient (Wildman–Crippen LogP) is 2.31. The van der Waals surface area contributed by atoms with Gasteiger partial charge in [0.1, 0.15) is 18.1 Å². The minimum absolute atomic E-state index is 0.271. The number of benzene rings is 1. The van der Waals surface area contributed by atoms with Crippen molar-refractivity contribution in [1.29, 1.82) is 0 Å². The normalized spacial score (nSPS) is 24.2. The molecule has 0 amide bonds. The zero-order chi connectivity index (χ0) is 11.9. The number of hydrogen-bond acceptors (Lipinski definition) is 4. The number of phenols is 1. The Balaban J connectivity index is 1.67. The molecule has 0 aromatic heterocycles. The zero-order valence-electron chi connectivity index (χ0n) is 9.90. The summed E-state index contributed by atoms with van der Waals surface area (Å²) >= 11 is 1.96. The summed E-state index contributed by atoms with van der Waals surface area (Å²) in [7, 11) is 0. The van der Waals surface area contributed by atoms with E-state index in [1.54, 1.807) is 12.1 Å². The Morgan fingerprint density at radius 3 is 3.06 bits per heavy atom.